The van der Waals surface area contributed by atoms with E-state index in [9.17, 15) is 14.3 Å². The van der Waals surface area contributed by atoms with Crippen LogP contribution in [0.3, 0.4) is 0 Å². The van der Waals surface area contributed by atoms with Crippen molar-refractivity contribution in [2.75, 3.05) is 6.61 Å². The fourth-order valence-electron chi connectivity index (χ4n) is 4.12. The van der Waals surface area contributed by atoms with Crippen LogP contribution in [-0.4, -0.2) is 44.7 Å². The molecule has 0 aliphatic heterocycles. The normalized spacial score (nSPS) is 26.2. The van der Waals surface area contributed by atoms with Gasteiger partial charge in [0.05, 0.1) is 10.0 Å². The number of carbonyl (C=O) groups is 1. The zero-order valence-corrected chi connectivity index (χ0v) is 16.5. The first-order valence-electron chi connectivity index (χ1n) is 8.75. The van der Waals surface area contributed by atoms with Crippen LogP contribution in [0.5, 0.6) is 5.75 Å². The van der Waals surface area contributed by atoms with Crippen LogP contribution in [0.1, 0.15) is 29.8 Å². The topological polar surface area (TPSA) is 88.4 Å². The monoisotopic (exact) mass is 428 g/mol. The SMILES string of the molecule is Cn1cc(Cl)c(C(=O)NC23CC(NC(O)COc4ccc(Cl)c(F)c4)(C2)C3)n1. The molecule has 1 aromatic heterocycles. The lowest BCUT2D eigenvalue weighted by Gasteiger charge is -2.71. The summed E-state index contributed by atoms with van der Waals surface area (Å²) in [5.74, 6) is -0.587. The first-order chi connectivity index (χ1) is 13.2. The van der Waals surface area contributed by atoms with E-state index in [2.05, 4.69) is 15.7 Å². The standard InChI is InChI=1S/C18H19Cl2FN4O3/c1-25-5-12(20)15(24-25)16(27)23-18-7-17(8-18,9-18)22-14(26)6-28-10-2-3-11(19)13(21)4-10/h2-5,14,22,26H,6-9H2,1H3,(H,23,27). The molecule has 3 N–H and O–H groups in total. The van der Waals surface area contributed by atoms with Gasteiger partial charge in [0.25, 0.3) is 5.91 Å². The van der Waals surface area contributed by atoms with Gasteiger partial charge in [0.15, 0.2) is 5.69 Å². The van der Waals surface area contributed by atoms with Gasteiger partial charge in [0.1, 0.15) is 24.4 Å². The Kier molecular flexibility index (Phi) is 4.78. The van der Waals surface area contributed by atoms with Crippen LogP contribution in [0, 0.1) is 5.82 Å². The molecule has 1 heterocycles. The molecule has 2 bridgehead atoms. The van der Waals surface area contributed by atoms with Crippen LogP contribution in [0.15, 0.2) is 24.4 Å². The van der Waals surface area contributed by atoms with Gasteiger partial charge in [-0.25, -0.2) is 4.39 Å². The Hall–Kier alpha value is -1.87. The van der Waals surface area contributed by atoms with Crippen molar-refractivity contribution in [3.63, 3.8) is 0 Å². The van der Waals surface area contributed by atoms with Crippen LogP contribution >= 0.6 is 23.2 Å². The first kappa shape index (κ1) is 19.4. The molecular weight excluding hydrogens is 410 g/mol. The number of carbonyl (C=O) groups excluding carboxylic acids is 1. The number of rotatable bonds is 7. The van der Waals surface area contributed by atoms with Gasteiger partial charge in [-0.05, 0) is 31.4 Å². The molecule has 150 valence electrons. The van der Waals surface area contributed by atoms with E-state index in [0.717, 1.165) is 0 Å². The predicted molar refractivity (Wildman–Crippen MR) is 101 cm³/mol. The van der Waals surface area contributed by atoms with Crippen molar-refractivity contribution in [1.29, 1.82) is 0 Å². The Morgan fingerprint density at radius 3 is 2.68 bits per heavy atom. The number of halogens is 3. The van der Waals surface area contributed by atoms with Crippen molar-refractivity contribution in [3.8, 4) is 5.75 Å². The minimum absolute atomic E-state index is 0.0132. The van der Waals surface area contributed by atoms with Gasteiger partial charge < -0.3 is 15.2 Å². The molecule has 0 saturated heterocycles. The van der Waals surface area contributed by atoms with E-state index in [0.29, 0.717) is 24.3 Å². The average Bonchev–Trinajstić information content (AvgIpc) is 2.91. The molecule has 1 atom stereocenters. The highest BCUT2D eigenvalue weighted by Crippen LogP contribution is 2.60. The van der Waals surface area contributed by atoms with E-state index < -0.39 is 12.0 Å². The molecule has 5 rings (SSSR count). The lowest BCUT2D eigenvalue weighted by molar-refractivity contribution is -0.127. The number of nitrogens with zero attached hydrogens (tertiary/aromatic N) is 2. The Balaban J connectivity index is 1.24. The van der Waals surface area contributed by atoms with Crippen LogP contribution in [0.25, 0.3) is 0 Å². The quantitative estimate of drug-likeness (QED) is 0.588. The van der Waals surface area contributed by atoms with Crippen LogP contribution in [-0.2, 0) is 7.05 Å². The Bertz CT molecular complexity index is 916. The van der Waals surface area contributed by atoms with Gasteiger partial charge in [0, 0.05) is 30.4 Å². The Labute approximate surface area is 170 Å². The highest BCUT2D eigenvalue weighted by molar-refractivity contribution is 6.33. The maximum Gasteiger partial charge on any atom is 0.273 e. The number of aliphatic hydroxyl groups is 1. The molecule has 1 amide bonds. The summed E-state index contributed by atoms with van der Waals surface area (Å²) in [5.41, 5.74) is -0.306. The minimum atomic E-state index is -0.919. The van der Waals surface area contributed by atoms with Crippen molar-refractivity contribution in [2.24, 2.45) is 7.05 Å². The fourth-order valence-corrected chi connectivity index (χ4v) is 4.51. The number of hydrogen-bond donors (Lipinski definition) is 3. The average molecular weight is 429 g/mol. The summed E-state index contributed by atoms with van der Waals surface area (Å²) < 4.78 is 20.3. The molecule has 1 aromatic carbocycles. The van der Waals surface area contributed by atoms with Crippen LogP contribution < -0.4 is 15.4 Å². The molecular formula is C18H19Cl2FN4O3. The van der Waals surface area contributed by atoms with E-state index in [4.69, 9.17) is 27.9 Å². The molecule has 0 radical (unpaired) electrons. The largest absolute Gasteiger partial charge is 0.489 e. The second-order valence-electron chi connectivity index (χ2n) is 7.59. The Morgan fingerprint density at radius 1 is 1.36 bits per heavy atom. The molecule has 0 spiro atoms. The summed E-state index contributed by atoms with van der Waals surface area (Å²) in [7, 11) is 1.70. The third-order valence-corrected chi connectivity index (χ3v) is 5.76. The van der Waals surface area contributed by atoms with E-state index in [1.165, 1.54) is 22.9 Å². The van der Waals surface area contributed by atoms with Gasteiger partial charge >= 0.3 is 0 Å². The van der Waals surface area contributed by atoms with Crippen molar-refractivity contribution in [3.05, 3.63) is 46.0 Å². The smallest absolute Gasteiger partial charge is 0.273 e. The van der Waals surface area contributed by atoms with Crippen LogP contribution in [0.4, 0.5) is 4.39 Å². The number of benzene rings is 1. The fraction of sp³-hybridized carbons (Fsp3) is 0.444. The number of amides is 1. The van der Waals surface area contributed by atoms with E-state index in [1.807, 2.05) is 0 Å². The van der Waals surface area contributed by atoms with E-state index >= 15 is 0 Å². The van der Waals surface area contributed by atoms with E-state index in [-0.39, 0.29) is 40.1 Å². The maximum absolute atomic E-state index is 13.4. The number of ether oxygens (including phenoxy) is 1. The van der Waals surface area contributed by atoms with Crippen molar-refractivity contribution < 1.29 is 19.0 Å². The summed E-state index contributed by atoms with van der Waals surface area (Å²) in [6.45, 7) is -0.0360. The number of aliphatic hydroxyl groups excluding tert-OH is 1. The zero-order valence-electron chi connectivity index (χ0n) is 15.0. The van der Waals surface area contributed by atoms with Crippen LogP contribution in [0.2, 0.25) is 10.0 Å². The number of nitrogens with one attached hydrogen (secondary N) is 2. The summed E-state index contributed by atoms with van der Waals surface area (Å²) in [4.78, 5) is 12.3. The lowest BCUT2D eigenvalue weighted by atomic mass is 9.44. The van der Waals surface area contributed by atoms with Crippen molar-refractivity contribution >= 4 is 29.1 Å². The molecule has 3 saturated carbocycles. The van der Waals surface area contributed by atoms with Crippen molar-refractivity contribution in [2.45, 2.75) is 36.6 Å². The number of hydrogen-bond acceptors (Lipinski definition) is 5. The summed E-state index contributed by atoms with van der Waals surface area (Å²) in [6.07, 6.45) is 2.75. The maximum atomic E-state index is 13.4. The highest BCUT2D eigenvalue weighted by Gasteiger charge is 2.69. The minimum Gasteiger partial charge on any atom is -0.489 e. The Morgan fingerprint density at radius 2 is 2.07 bits per heavy atom. The molecule has 3 aliphatic carbocycles. The number of aromatic nitrogens is 2. The van der Waals surface area contributed by atoms with Gasteiger partial charge in [-0.3, -0.25) is 14.8 Å². The van der Waals surface area contributed by atoms with Gasteiger partial charge in [-0.1, -0.05) is 23.2 Å². The van der Waals surface area contributed by atoms with Gasteiger partial charge in [0.2, 0.25) is 0 Å². The first-order valence-corrected chi connectivity index (χ1v) is 9.50. The second kappa shape index (κ2) is 6.88. The summed E-state index contributed by atoms with van der Waals surface area (Å²) in [6, 6.07) is 4.10. The molecule has 3 aliphatic rings. The lowest BCUT2D eigenvalue weighted by Crippen LogP contribution is -2.84. The summed E-state index contributed by atoms with van der Waals surface area (Å²) in [5, 5.41) is 20.7. The third kappa shape index (κ3) is 3.57. The predicted octanol–water partition coefficient (Wildman–Crippen LogP) is 2.26. The highest BCUT2D eigenvalue weighted by atomic mass is 35.5. The molecule has 10 heteroatoms. The zero-order chi connectivity index (χ0) is 20.1. The van der Waals surface area contributed by atoms with Gasteiger partial charge in [-0.2, -0.15) is 5.10 Å². The molecule has 7 nitrogen and oxygen atoms in total. The van der Waals surface area contributed by atoms with Gasteiger partial charge in [-0.15, -0.1) is 0 Å². The molecule has 2 aromatic rings. The van der Waals surface area contributed by atoms with E-state index in [1.54, 1.807) is 13.2 Å². The number of aryl methyl sites for hydroxylation is 1. The molecule has 3 fully saturated rings. The van der Waals surface area contributed by atoms with Crippen molar-refractivity contribution in [1.82, 2.24) is 20.4 Å². The summed E-state index contributed by atoms with van der Waals surface area (Å²) >= 11 is 11.6. The third-order valence-electron chi connectivity index (χ3n) is 5.18. The second-order valence-corrected chi connectivity index (χ2v) is 8.41. The molecule has 1 unspecified atom stereocenters. The molecule has 28 heavy (non-hydrogen) atoms.